The molecule has 6 heteroatoms. The van der Waals surface area contributed by atoms with E-state index in [0.29, 0.717) is 6.42 Å². The Hall–Kier alpha value is -3.35. The highest BCUT2D eigenvalue weighted by molar-refractivity contribution is 5.83. The van der Waals surface area contributed by atoms with Crippen molar-refractivity contribution in [2.45, 2.75) is 71.0 Å². The molecular formula is C33H42N4O2. The van der Waals surface area contributed by atoms with Gasteiger partial charge in [-0.1, -0.05) is 48.9 Å². The molecule has 6 nitrogen and oxygen atoms in total. The maximum atomic E-state index is 13.4. The number of carbonyl (C=O) groups excluding carboxylic acids is 1. The number of likely N-dealkylation sites (tertiary alicyclic amines) is 1. The van der Waals surface area contributed by atoms with Gasteiger partial charge in [0.05, 0.1) is 12.1 Å². The fourth-order valence-electron chi connectivity index (χ4n) is 6.23. The van der Waals surface area contributed by atoms with Gasteiger partial charge in [0, 0.05) is 18.8 Å². The van der Waals surface area contributed by atoms with E-state index in [0.717, 1.165) is 55.7 Å². The molecule has 0 spiro atoms. The van der Waals surface area contributed by atoms with E-state index in [1.807, 2.05) is 13.8 Å². The molecule has 1 fully saturated rings. The van der Waals surface area contributed by atoms with Crippen molar-refractivity contribution in [2.24, 2.45) is 5.73 Å². The van der Waals surface area contributed by atoms with Crippen LogP contribution in [0.4, 0.5) is 5.69 Å². The van der Waals surface area contributed by atoms with Crippen molar-refractivity contribution < 1.29 is 9.90 Å². The Kier molecular flexibility index (Phi) is 8.53. The number of nitrogens with one attached hydrogen (secondary N) is 2. The summed E-state index contributed by atoms with van der Waals surface area (Å²) in [7, 11) is 0. The molecule has 39 heavy (non-hydrogen) atoms. The van der Waals surface area contributed by atoms with Gasteiger partial charge in [-0.3, -0.25) is 9.69 Å². The average Bonchev–Trinajstić information content (AvgIpc) is 2.92. The summed E-state index contributed by atoms with van der Waals surface area (Å²) in [4.78, 5) is 15.9. The summed E-state index contributed by atoms with van der Waals surface area (Å²) in [5.74, 6) is 0.107. The fraction of sp³-hybridized carbons (Fsp3) is 0.424. The molecule has 5 rings (SSSR count). The number of fused-ring (bicyclic) bond motifs is 1. The summed E-state index contributed by atoms with van der Waals surface area (Å²) in [6.07, 6.45) is 5.96. The SMILES string of the molecule is Cc1cc(O)cc(C)c1C[C@H](N)C(=O)N[C@@H]1CCNc2c(CN3CCCCC3)cc(Cc3ccccc3)cc21. The second kappa shape index (κ2) is 12.2. The third kappa shape index (κ3) is 6.63. The van der Waals surface area contributed by atoms with Crippen LogP contribution in [0.25, 0.3) is 0 Å². The Bertz CT molecular complexity index is 1280. The molecule has 0 saturated carbocycles. The molecule has 3 aromatic rings. The number of anilines is 1. The van der Waals surface area contributed by atoms with E-state index in [2.05, 4.69) is 58.0 Å². The summed E-state index contributed by atoms with van der Waals surface area (Å²) in [5, 5.41) is 16.9. The minimum atomic E-state index is -0.661. The highest BCUT2D eigenvalue weighted by Gasteiger charge is 2.27. The molecule has 2 aliphatic rings. The standard InChI is InChI=1S/C33H42N4O2/c1-22-15-27(38)16-23(2)28(22)20-30(34)33(39)36-31-11-12-35-32-26(21-37-13-7-4-8-14-37)18-25(19-29(31)32)17-24-9-5-3-6-10-24/h3,5-6,9-10,15-16,18-19,30-31,35,38H,4,7-8,11-14,17,20-21,34H2,1-2H3,(H,36,39)/t30-,31+/m0/s1. The number of amides is 1. The van der Waals surface area contributed by atoms with Gasteiger partial charge in [-0.2, -0.15) is 0 Å². The van der Waals surface area contributed by atoms with E-state index in [4.69, 9.17) is 5.73 Å². The van der Waals surface area contributed by atoms with Crippen LogP contribution in [0.1, 0.15) is 70.7 Å². The first-order valence-corrected chi connectivity index (χ1v) is 14.4. The lowest BCUT2D eigenvalue weighted by atomic mass is 9.89. The summed E-state index contributed by atoms with van der Waals surface area (Å²) in [6, 6.07) is 17.9. The van der Waals surface area contributed by atoms with E-state index in [-0.39, 0.29) is 17.7 Å². The van der Waals surface area contributed by atoms with Crippen molar-refractivity contribution in [1.29, 1.82) is 0 Å². The number of phenols is 1. The number of benzene rings is 3. The molecule has 0 aromatic heterocycles. The van der Waals surface area contributed by atoms with Gasteiger partial charge >= 0.3 is 0 Å². The Balaban J connectivity index is 1.39. The summed E-state index contributed by atoms with van der Waals surface area (Å²) < 4.78 is 0. The summed E-state index contributed by atoms with van der Waals surface area (Å²) >= 11 is 0. The van der Waals surface area contributed by atoms with Gasteiger partial charge in [0.1, 0.15) is 5.75 Å². The van der Waals surface area contributed by atoms with Crippen LogP contribution in [-0.2, 0) is 24.2 Å². The lowest BCUT2D eigenvalue weighted by molar-refractivity contribution is -0.123. The number of aryl methyl sites for hydroxylation is 2. The Morgan fingerprint density at radius 3 is 2.49 bits per heavy atom. The number of piperidine rings is 1. The lowest BCUT2D eigenvalue weighted by Gasteiger charge is -2.33. The summed E-state index contributed by atoms with van der Waals surface area (Å²) in [5.41, 5.74) is 15.6. The van der Waals surface area contributed by atoms with Crippen molar-refractivity contribution >= 4 is 11.6 Å². The van der Waals surface area contributed by atoms with Gasteiger partial charge < -0.3 is 21.5 Å². The number of nitrogens with two attached hydrogens (primary N) is 1. The number of hydrogen-bond acceptors (Lipinski definition) is 5. The van der Waals surface area contributed by atoms with Crippen molar-refractivity contribution in [2.75, 3.05) is 25.0 Å². The molecule has 2 aliphatic heterocycles. The number of hydrogen-bond donors (Lipinski definition) is 4. The molecule has 2 heterocycles. The van der Waals surface area contributed by atoms with Crippen LogP contribution in [-0.4, -0.2) is 41.6 Å². The Morgan fingerprint density at radius 2 is 1.77 bits per heavy atom. The van der Waals surface area contributed by atoms with E-state index in [9.17, 15) is 9.90 Å². The maximum Gasteiger partial charge on any atom is 0.237 e. The molecule has 2 atom stereocenters. The average molecular weight is 527 g/mol. The van der Waals surface area contributed by atoms with Gasteiger partial charge in [-0.05, 0) is 110 Å². The van der Waals surface area contributed by atoms with Crippen LogP contribution in [0.3, 0.4) is 0 Å². The van der Waals surface area contributed by atoms with E-state index in [1.165, 1.54) is 47.2 Å². The number of aromatic hydroxyl groups is 1. The first kappa shape index (κ1) is 27.2. The topological polar surface area (TPSA) is 90.6 Å². The molecule has 0 radical (unpaired) electrons. The summed E-state index contributed by atoms with van der Waals surface area (Å²) in [6.45, 7) is 7.93. The highest BCUT2D eigenvalue weighted by atomic mass is 16.3. The van der Waals surface area contributed by atoms with Crippen molar-refractivity contribution in [3.8, 4) is 5.75 Å². The second-order valence-electron chi connectivity index (χ2n) is 11.4. The van der Waals surface area contributed by atoms with Crippen LogP contribution in [0.5, 0.6) is 5.75 Å². The van der Waals surface area contributed by atoms with Crippen LogP contribution in [0.15, 0.2) is 54.6 Å². The van der Waals surface area contributed by atoms with Crippen LogP contribution in [0.2, 0.25) is 0 Å². The zero-order valence-electron chi connectivity index (χ0n) is 23.3. The quantitative estimate of drug-likeness (QED) is 0.327. The monoisotopic (exact) mass is 526 g/mol. The molecule has 1 saturated heterocycles. The molecule has 1 amide bonds. The smallest absolute Gasteiger partial charge is 0.237 e. The highest BCUT2D eigenvalue weighted by Crippen LogP contribution is 2.36. The zero-order chi connectivity index (χ0) is 27.4. The molecule has 0 aliphatic carbocycles. The minimum absolute atomic E-state index is 0.0855. The molecule has 206 valence electrons. The molecule has 0 bridgehead atoms. The van der Waals surface area contributed by atoms with E-state index < -0.39 is 6.04 Å². The third-order valence-corrected chi connectivity index (χ3v) is 8.27. The van der Waals surface area contributed by atoms with Gasteiger partial charge in [0.15, 0.2) is 0 Å². The molecular weight excluding hydrogens is 484 g/mol. The number of nitrogens with zero attached hydrogens (tertiary/aromatic N) is 1. The van der Waals surface area contributed by atoms with Gasteiger partial charge in [-0.25, -0.2) is 0 Å². The van der Waals surface area contributed by atoms with Crippen LogP contribution >= 0.6 is 0 Å². The second-order valence-corrected chi connectivity index (χ2v) is 11.4. The maximum absolute atomic E-state index is 13.4. The first-order valence-electron chi connectivity index (χ1n) is 14.4. The minimum Gasteiger partial charge on any atom is -0.508 e. The molecule has 3 aromatic carbocycles. The lowest BCUT2D eigenvalue weighted by Crippen LogP contribution is -2.45. The molecule has 0 unspecified atom stereocenters. The van der Waals surface area contributed by atoms with Crippen LogP contribution in [0, 0.1) is 13.8 Å². The van der Waals surface area contributed by atoms with Crippen LogP contribution < -0.4 is 16.4 Å². The van der Waals surface area contributed by atoms with Crippen molar-refractivity contribution in [3.05, 3.63) is 93.5 Å². The molecule has 5 N–H and O–H groups in total. The number of rotatable bonds is 8. The van der Waals surface area contributed by atoms with Gasteiger partial charge in [-0.15, -0.1) is 0 Å². The predicted molar refractivity (Wildman–Crippen MR) is 158 cm³/mol. The Morgan fingerprint density at radius 1 is 1.05 bits per heavy atom. The number of phenolic OH excluding ortho intramolecular Hbond substituents is 1. The van der Waals surface area contributed by atoms with Gasteiger partial charge in [0.2, 0.25) is 5.91 Å². The van der Waals surface area contributed by atoms with E-state index >= 15 is 0 Å². The Labute approximate surface area is 232 Å². The number of carbonyl (C=O) groups is 1. The first-order chi connectivity index (χ1) is 18.9. The fourth-order valence-corrected chi connectivity index (χ4v) is 6.23. The third-order valence-electron chi connectivity index (χ3n) is 8.27. The van der Waals surface area contributed by atoms with Crippen molar-refractivity contribution in [3.63, 3.8) is 0 Å². The van der Waals surface area contributed by atoms with Gasteiger partial charge in [0.25, 0.3) is 0 Å². The van der Waals surface area contributed by atoms with E-state index in [1.54, 1.807) is 12.1 Å². The normalized spacial score (nSPS) is 18.2. The largest absolute Gasteiger partial charge is 0.508 e. The predicted octanol–water partition coefficient (Wildman–Crippen LogP) is 5.13. The zero-order valence-corrected chi connectivity index (χ0v) is 23.3. The van der Waals surface area contributed by atoms with Crippen molar-refractivity contribution in [1.82, 2.24) is 10.2 Å².